The minimum atomic E-state index is -0.213. The third kappa shape index (κ3) is 1.68. The lowest BCUT2D eigenvalue weighted by molar-refractivity contribution is 0.212. The standard InChI is InChI=1S/C6H12N4O/c1-11-10-4-2-3-9-5(4)6(7)8/h5,9H,2-3H2,1H3,(H3,7,8). The molecule has 0 aliphatic carbocycles. The zero-order chi connectivity index (χ0) is 8.27. The summed E-state index contributed by atoms with van der Waals surface area (Å²) in [5.41, 5.74) is 6.11. The van der Waals surface area contributed by atoms with Crippen LogP contribution in [0.2, 0.25) is 0 Å². The monoisotopic (exact) mass is 156 g/mol. The van der Waals surface area contributed by atoms with Crippen LogP contribution in [0.5, 0.6) is 0 Å². The molecule has 0 aromatic heterocycles. The number of oxime groups is 1. The predicted molar refractivity (Wildman–Crippen MR) is 42.8 cm³/mol. The van der Waals surface area contributed by atoms with Gasteiger partial charge in [0.05, 0.1) is 5.71 Å². The van der Waals surface area contributed by atoms with Crippen molar-refractivity contribution in [1.29, 1.82) is 5.41 Å². The van der Waals surface area contributed by atoms with Gasteiger partial charge in [0.15, 0.2) is 0 Å². The summed E-state index contributed by atoms with van der Waals surface area (Å²) in [5.74, 6) is 0.0956. The van der Waals surface area contributed by atoms with E-state index in [0.29, 0.717) is 0 Å². The van der Waals surface area contributed by atoms with Crippen LogP contribution in [0, 0.1) is 5.41 Å². The fourth-order valence-electron chi connectivity index (χ4n) is 1.11. The molecule has 1 unspecified atom stereocenters. The molecule has 5 nitrogen and oxygen atoms in total. The zero-order valence-corrected chi connectivity index (χ0v) is 6.42. The lowest BCUT2D eigenvalue weighted by atomic mass is 10.2. The van der Waals surface area contributed by atoms with Gasteiger partial charge < -0.3 is 15.9 Å². The van der Waals surface area contributed by atoms with Gasteiger partial charge in [-0.3, -0.25) is 5.41 Å². The molecule has 1 saturated heterocycles. The molecule has 1 atom stereocenters. The van der Waals surface area contributed by atoms with Gasteiger partial charge in [-0.15, -0.1) is 0 Å². The fourth-order valence-corrected chi connectivity index (χ4v) is 1.11. The average Bonchev–Trinajstić information content (AvgIpc) is 2.36. The highest BCUT2D eigenvalue weighted by Crippen LogP contribution is 2.02. The maximum atomic E-state index is 7.18. The summed E-state index contributed by atoms with van der Waals surface area (Å²) in [6.45, 7) is 0.812. The van der Waals surface area contributed by atoms with Crippen LogP contribution >= 0.6 is 0 Å². The smallest absolute Gasteiger partial charge is 0.114 e. The van der Waals surface area contributed by atoms with Gasteiger partial charge in [0.1, 0.15) is 19.0 Å². The second-order valence-electron chi connectivity index (χ2n) is 2.36. The van der Waals surface area contributed by atoms with E-state index in [9.17, 15) is 0 Å². The summed E-state index contributed by atoms with van der Waals surface area (Å²) in [6.07, 6.45) is 0.804. The maximum Gasteiger partial charge on any atom is 0.114 e. The Morgan fingerprint density at radius 3 is 3.18 bits per heavy atom. The molecular formula is C6H12N4O. The van der Waals surface area contributed by atoms with E-state index in [1.165, 1.54) is 7.11 Å². The quantitative estimate of drug-likeness (QED) is 0.280. The summed E-state index contributed by atoms with van der Waals surface area (Å²) in [4.78, 5) is 4.60. The SMILES string of the molecule is CON=C1CCNC1C(=N)N. The summed E-state index contributed by atoms with van der Waals surface area (Å²) in [7, 11) is 1.49. The predicted octanol–water partition coefficient (Wildman–Crippen LogP) is -0.713. The van der Waals surface area contributed by atoms with E-state index in [1.807, 2.05) is 0 Å². The normalized spacial score (nSPS) is 27.4. The second-order valence-corrected chi connectivity index (χ2v) is 2.36. The van der Waals surface area contributed by atoms with Crippen molar-refractivity contribution in [3.05, 3.63) is 0 Å². The fraction of sp³-hybridized carbons (Fsp3) is 0.667. The van der Waals surface area contributed by atoms with Crippen LogP contribution in [0.1, 0.15) is 6.42 Å². The summed E-state index contributed by atoms with van der Waals surface area (Å²) >= 11 is 0. The Bertz CT molecular complexity index is 189. The Kier molecular flexibility index (Phi) is 2.43. The first-order chi connectivity index (χ1) is 5.25. The molecule has 0 aromatic carbocycles. The van der Waals surface area contributed by atoms with Gasteiger partial charge in [0, 0.05) is 13.0 Å². The molecule has 1 heterocycles. The number of amidine groups is 1. The van der Waals surface area contributed by atoms with Gasteiger partial charge in [0.25, 0.3) is 0 Å². The molecule has 0 amide bonds. The van der Waals surface area contributed by atoms with Crippen molar-refractivity contribution in [2.75, 3.05) is 13.7 Å². The van der Waals surface area contributed by atoms with Gasteiger partial charge >= 0.3 is 0 Å². The van der Waals surface area contributed by atoms with Crippen molar-refractivity contribution in [3.8, 4) is 0 Å². The van der Waals surface area contributed by atoms with Crippen LogP contribution in [0.4, 0.5) is 0 Å². The van der Waals surface area contributed by atoms with E-state index >= 15 is 0 Å². The lowest BCUT2D eigenvalue weighted by Crippen LogP contribution is -2.40. The molecule has 1 fully saturated rings. The zero-order valence-electron chi connectivity index (χ0n) is 6.42. The van der Waals surface area contributed by atoms with E-state index in [2.05, 4.69) is 15.3 Å². The van der Waals surface area contributed by atoms with Gasteiger partial charge in [-0.25, -0.2) is 0 Å². The van der Waals surface area contributed by atoms with E-state index in [4.69, 9.17) is 11.1 Å². The molecule has 1 rings (SSSR count). The van der Waals surface area contributed by atoms with E-state index in [-0.39, 0.29) is 11.9 Å². The number of nitrogens with two attached hydrogens (primary N) is 1. The number of hydrogen-bond acceptors (Lipinski definition) is 4. The maximum absolute atomic E-state index is 7.18. The molecule has 1 aliphatic rings. The van der Waals surface area contributed by atoms with Crippen molar-refractivity contribution < 1.29 is 4.84 Å². The lowest BCUT2D eigenvalue weighted by Gasteiger charge is -2.07. The minimum Gasteiger partial charge on any atom is -0.399 e. The molecular weight excluding hydrogens is 144 g/mol. The highest BCUT2D eigenvalue weighted by molar-refractivity contribution is 6.09. The highest BCUT2D eigenvalue weighted by atomic mass is 16.6. The Labute approximate surface area is 65.1 Å². The molecule has 0 radical (unpaired) electrons. The summed E-state index contributed by atoms with van der Waals surface area (Å²) in [5, 5.41) is 14.0. The first-order valence-electron chi connectivity index (χ1n) is 3.43. The second kappa shape index (κ2) is 3.34. The first-order valence-corrected chi connectivity index (χ1v) is 3.43. The molecule has 0 bridgehead atoms. The van der Waals surface area contributed by atoms with Crippen molar-refractivity contribution in [2.24, 2.45) is 10.9 Å². The number of nitrogens with zero attached hydrogens (tertiary/aromatic N) is 1. The molecule has 0 saturated carbocycles. The van der Waals surface area contributed by atoms with Crippen molar-refractivity contribution in [2.45, 2.75) is 12.5 Å². The van der Waals surface area contributed by atoms with Gasteiger partial charge in [-0.1, -0.05) is 5.16 Å². The van der Waals surface area contributed by atoms with Crippen LogP contribution in [0.15, 0.2) is 5.16 Å². The van der Waals surface area contributed by atoms with Crippen LogP contribution in [-0.2, 0) is 4.84 Å². The van der Waals surface area contributed by atoms with E-state index in [0.717, 1.165) is 18.7 Å². The van der Waals surface area contributed by atoms with E-state index < -0.39 is 0 Å². The molecule has 0 spiro atoms. The van der Waals surface area contributed by atoms with Gasteiger partial charge in [0.2, 0.25) is 0 Å². The van der Waals surface area contributed by atoms with Crippen molar-refractivity contribution in [1.82, 2.24) is 5.32 Å². The van der Waals surface area contributed by atoms with E-state index in [1.54, 1.807) is 0 Å². The van der Waals surface area contributed by atoms with Crippen LogP contribution in [0.25, 0.3) is 0 Å². The summed E-state index contributed by atoms with van der Waals surface area (Å²) in [6, 6.07) is -0.213. The average molecular weight is 156 g/mol. The Morgan fingerprint density at radius 2 is 2.64 bits per heavy atom. The summed E-state index contributed by atoms with van der Waals surface area (Å²) < 4.78 is 0. The topological polar surface area (TPSA) is 83.5 Å². The Hall–Kier alpha value is -1.10. The number of rotatable bonds is 2. The van der Waals surface area contributed by atoms with Crippen molar-refractivity contribution >= 4 is 11.5 Å². The Balaban J connectivity index is 2.65. The Morgan fingerprint density at radius 1 is 1.91 bits per heavy atom. The highest BCUT2D eigenvalue weighted by Gasteiger charge is 2.24. The largest absolute Gasteiger partial charge is 0.399 e. The molecule has 0 aromatic rings. The third-order valence-electron chi connectivity index (χ3n) is 1.58. The number of nitrogens with one attached hydrogen (secondary N) is 2. The van der Waals surface area contributed by atoms with Gasteiger partial charge in [-0.05, 0) is 0 Å². The number of hydrogen-bond donors (Lipinski definition) is 3. The van der Waals surface area contributed by atoms with Crippen molar-refractivity contribution in [3.63, 3.8) is 0 Å². The van der Waals surface area contributed by atoms with Crippen LogP contribution in [0.3, 0.4) is 0 Å². The molecule has 5 heteroatoms. The first kappa shape index (κ1) is 8.00. The molecule has 4 N–H and O–H groups in total. The minimum absolute atomic E-state index is 0.0956. The molecule has 11 heavy (non-hydrogen) atoms. The van der Waals surface area contributed by atoms with Crippen LogP contribution in [-0.4, -0.2) is 31.2 Å². The molecule has 62 valence electrons. The van der Waals surface area contributed by atoms with Crippen LogP contribution < -0.4 is 11.1 Å². The third-order valence-corrected chi connectivity index (χ3v) is 1.58. The van der Waals surface area contributed by atoms with Gasteiger partial charge in [-0.2, -0.15) is 0 Å². The molecule has 1 aliphatic heterocycles.